The summed E-state index contributed by atoms with van der Waals surface area (Å²) in [7, 11) is 0. The molecule has 0 bridgehead atoms. The van der Waals surface area contributed by atoms with Crippen LogP contribution in [0.3, 0.4) is 0 Å². The average molecular weight is 294 g/mol. The van der Waals surface area contributed by atoms with E-state index >= 15 is 0 Å². The zero-order valence-electron chi connectivity index (χ0n) is 12.3. The van der Waals surface area contributed by atoms with Crippen molar-refractivity contribution in [3.8, 4) is 5.75 Å². The Morgan fingerprint density at radius 3 is 2.95 bits per heavy atom. The Labute approximate surface area is 122 Å². The number of hydrogen-bond acceptors (Lipinski definition) is 4. The number of rotatable bonds is 2. The number of amides is 1. The Hall–Kier alpha value is -1.82. The number of ether oxygens (including phenoxy) is 2. The summed E-state index contributed by atoms with van der Waals surface area (Å²) in [6.07, 6.45) is 0.108. The van der Waals surface area contributed by atoms with Crippen LogP contribution in [-0.4, -0.2) is 17.4 Å². The van der Waals surface area contributed by atoms with Gasteiger partial charge >= 0.3 is 6.09 Å². The van der Waals surface area contributed by atoms with Crippen molar-refractivity contribution in [3.63, 3.8) is 0 Å². The van der Waals surface area contributed by atoms with Crippen LogP contribution < -0.4 is 15.8 Å². The Balaban J connectivity index is 1.75. The van der Waals surface area contributed by atoms with Gasteiger partial charge in [0.25, 0.3) is 0 Å². The molecule has 0 spiro atoms. The number of carbonyl (C=O) groups is 1. The van der Waals surface area contributed by atoms with Crippen molar-refractivity contribution in [2.24, 2.45) is 5.73 Å². The predicted octanol–water partition coefficient (Wildman–Crippen LogP) is 2.39. The third-order valence-corrected chi connectivity index (χ3v) is 3.67. The molecular formula is C15H19FN2O3. The zero-order chi connectivity index (χ0) is 15.4. The first-order chi connectivity index (χ1) is 9.70. The molecule has 1 aliphatic heterocycles. The van der Waals surface area contributed by atoms with Crippen LogP contribution in [0.5, 0.6) is 5.75 Å². The molecule has 1 aliphatic carbocycles. The summed E-state index contributed by atoms with van der Waals surface area (Å²) >= 11 is 0. The fourth-order valence-corrected chi connectivity index (χ4v) is 2.67. The third kappa shape index (κ3) is 2.55. The predicted molar refractivity (Wildman–Crippen MR) is 74.4 cm³/mol. The van der Waals surface area contributed by atoms with Crippen molar-refractivity contribution in [2.45, 2.75) is 51.0 Å². The summed E-state index contributed by atoms with van der Waals surface area (Å²) in [6, 6.07) is 2.92. The normalized spacial score (nSPS) is 25.7. The van der Waals surface area contributed by atoms with E-state index in [9.17, 15) is 9.18 Å². The molecule has 1 saturated carbocycles. The highest BCUT2D eigenvalue weighted by atomic mass is 19.1. The molecule has 21 heavy (non-hydrogen) atoms. The summed E-state index contributed by atoms with van der Waals surface area (Å²) in [4.78, 5) is 11.7. The summed E-state index contributed by atoms with van der Waals surface area (Å²) < 4.78 is 24.8. The smallest absolute Gasteiger partial charge is 0.407 e. The van der Waals surface area contributed by atoms with Crippen LogP contribution in [0.2, 0.25) is 0 Å². The van der Waals surface area contributed by atoms with Crippen LogP contribution >= 0.6 is 0 Å². The first-order valence-electron chi connectivity index (χ1n) is 6.96. The van der Waals surface area contributed by atoms with E-state index in [1.165, 1.54) is 6.07 Å². The number of halogens is 1. The molecule has 1 aromatic rings. The van der Waals surface area contributed by atoms with Gasteiger partial charge in [-0.2, -0.15) is 0 Å². The molecule has 1 fully saturated rings. The molecule has 0 saturated heterocycles. The Bertz CT molecular complexity index is 612. The highest BCUT2D eigenvalue weighted by molar-refractivity contribution is 5.68. The molecule has 0 radical (unpaired) electrons. The van der Waals surface area contributed by atoms with Gasteiger partial charge in [0, 0.05) is 30.0 Å². The van der Waals surface area contributed by atoms with Gasteiger partial charge in [-0.1, -0.05) is 0 Å². The minimum absolute atomic E-state index is 0.0126. The van der Waals surface area contributed by atoms with Gasteiger partial charge in [-0.25, -0.2) is 9.18 Å². The fraction of sp³-hybridized carbons (Fsp3) is 0.533. The Kier molecular flexibility index (Phi) is 2.92. The van der Waals surface area contributed by atoms with Crippen LogP contribution in [0.25, 0.3) is 0 Å². The van der Waals surface area contributed by atoms with E-state index in [2.05, 4.69) is 5.32 Å². The van der Waals surface area contributed by atoms with E-state index in [0.717, 1.165) is 5.56 Å². The van der Waals surface area contributed by atoms with Crippen molar-refractivity contribution >= 4 is 6.09 Å². The molecule has 3 rings (SSSR count). The van der Waals surface area contributed by atoms with Gasteiger partial charge in [0.05, 0.1) is 0 Å². The largest absolute Gasteiger partial charge is 0.472 e. The zero-order valence-corrected chi connectivity index (χ0v) is 12.3. The first kappa shape index (κ1) is 14.1. The van der Waals surface area contributed by atoms with Gasteiger partial charge in [-0.15, -0.1) is 0 Å². The number of alkyl carbamates (subject to hydrolysis) is 1. The highest BCUT2D eigenvalue weighted by Gasteiger charge is 2.61. The van der Waals surface area contributed by atoms with Crippen LogP contribution in [-0.2, 0) is 11.3 Å². The Morgan fingerprint density at radius 1 is 1.57 bits per heavy atom. The van der Waals surface area contributed by atoms with E-state index in [1.54, 1.807) is 26.8 Å². The average Bonchev–Trinajstić information content (AvgIpc) is 2.90. The van der Waals surface area contributed by atoms with E-state index in [0.29, 0.717) is 17.7 Å². The van der Waals surface area contributed by atoms with Gasteiger partial charge in [0.15, 0.2) is 5.72 Å². The van der Waals surface area contributed by atoms with Gasteiger partial charge in [0.2, 0.25) is 0 Å². The van der Waals surface area contributed by atoms with Crippen LogP contribution in [0, 0.1) is 5.82 Å². The molecule has 1 aromatic carbocycles. The highest BCUT2D eigenvalue weighted by Crippen LogP contribution is 2.60. The Morgan fingerprint density at radius 2 is 2.29 bits per heavy atom. The molecule has 1 heterocycles. The standard InChI is InChI=1S/C15H19FN2O3/c1-14(2,3)21-13(19)18-7-8-10(16)4-5-11-12(8)9-6-15(9,17)20-11/h4-5,9H,6-7,17H2,1-3H3,(H,18,19)/t9-,15?/m1/s1. The van der Waals surface area contributed by atoms with Crippen molar-refractivity contribution in [1.82, 2.24) is 5.32 Å². The first-order valence-corrected chi connectivity index (χ1v) is 6.96. The van der Waals surface area contributed by atoms with Crippen molar-refractivity contribution in [1.29, 1.82) is 0 Å². The third-order valence-electron chi connectivity index (χ3n) is 3.67. The van der Waals surface area contributed by atoms with Crippen molar-refractivity contribution in [3.05, 3.63) is 29.1 Å². The molecule has 3 N–H and O–H groups in total. The van der Waals surface area contributed by atoms with Gasteiger partial charge in [-0.3, -0.25) is 5.73 Å². The second-order valence-corrected chi connectivity index (χ2v) is 6.61. The lowest BCUT2D eigenvalue weighted by molar-refractivity contribution is 0.0523. The minimum atomic E-state index is -0.684. The van der Waals surface area contributed by atoms with E-state index in [1.807, 2.05) is 0 Å². The number of benzene rings is 1. The molecule has 2 atom stereocenters. The maximum atomic E-state index is 14.1. The van der Waals surface area contributed by atoms with E-state index < -0.39 is 17.4 Å². The molecule has 6 heteroatoms. The molecule has 114 valence electrons. The van der Waals surface area contributed by atoms with Crippen LogP contribution in [0.1, 0.15) is 44.2 Å². The SMILES string of the molecule is CC(C)(C)OC(=O)NCc1c(F)ccc2c1[C@H]1CC1(N)O2. The number of carbonyl (C=O) groups excluding carboxylic acids is 1. The monoisotopic (exact) mass is 294 g/mol. The van der Waals surface area contributed by atoms with E-state index in [-0.39, 0.29) is 18.3 Å². The molecule has 2 aliphatic rings. The summed E-state index contributed by atoms with van der Waals surface area (Å²) in [5, 5.41) is 2.58. The van der Waals surface area contributed by atoms with Gasteiger partial charge in [0.1, 0.15) is 17.2 Å². The maximum absolute atomic E-state index is 14.1. The number of nitrogens with one attached hydrogen (secondary N) is 1. The van der Waals surface area contributed by atoms with Gasteiger partial charge < -0.3 is 14.8 Å². The number of hydrogen-bond donors (Lipinski definition) is 2. The lowest BCUT2D eigenvalue weighted by Gasteiger charge is -2.20. The molecule has 0 aromatic heterocycles. The molecule has 1 amide bonds. The van der Waals surface area contributed by atoms with Crippen molar-refractivity contribution < 1.29 is 18.7 Å². The van der Waals surface area contributed by atoms with Gasteiger partial charge in [-0.05, 0) is 32.9 Å². The van der Waals surface area contributed by atoms with Crippen LogP contribution in [0.4, 0.5) is 9.18 Å². The fourth-order valence-electron chi connectivity index (χ4n) is 2.67. The van der Waals surface area contributed by atoms with Crippen LogP contribution in [0.15, 0.2) is 12.1 Å². The second-order valence-electron chi connectivity index (χ2n) is 6.61. The summed E-state index contributed by atoms with van der Waals surface area (Å²) in [5.41, 5.74) is 5.93. The minimum Gasteiger partial charge on any atom is -0.472 e. The molecule has 5 nitrogen and oxygen atoms in total. The van der Waals surface area contributed by atoms with E-state index in [4.69, 9.17) is 15.2 Å². The quantitative estimate of drug-likeness (QED) is 0.878. The lowest BCUT2D eigenvalue weighted by Crippen LogP contribution is -2.32. The summed E-state index contributed by atoms with van der Waals surface area (Å²) in [6.45, 7) is 5.37. The molecule has 1 unspecified atom stereocenters. The number of nitrogens with two attached hydrogens (primary N) is 1. The molecular weight excluding hydrogens is 275 g/mol. The number of fused-ring (bicyclic) bond motifs is 3. The lowest BCUT2D eigenvalue weighted by atomic mass is 10.0. The summed E-state index contributed by atoms with van der Waals surface area (Å²) in [5.74, 6) is 0.249. The topological polar surface area (TPSA) is 73.6 Å². The van der Waals surface area contributed by atoms with Crippen molar-refractivity contribution in [2.75, 3.05) is 0 Å². The maximum Gasteiger partial charge on any atom is 0.407 e. The second kappa shape index (κ2) is 4.34.